The van der Waals surface area contributed by atoms with Gasteiger partial charge < -0.3 is 14.7 Å². The maximum Gasteiger partial charge on any atom is 0.123 e. The first kappa shape index (κ1) is 18.3. The Labute approximate surface area is 152 Å². The molecule has 0 saturated carbocycles. The van der Waals surface area contributed by atoms with Crippen molar-refractivity contribution in [2.75, 3.05) is 26.2 Å². The van der Waals surface area contributed by atoms with Gasteiger partial charge in [0, 0.05) is 25.8 Å². The lowest BCUT2D eigenvalue weighted by atomic mass is 9.76. The first-order valence-corrected chi connectivity index (χ1v) is 8.73. The third-order valence-electron chi connectivity index (χ3n) is 4.80. The summed E-state index contributed by atoms with van der Waals surface area (Å²) in [5, 5.41) is 19.9. The monoisotopic (exact) mass is 355 g/mol. The van der Waals surface area contributed by atoms with E-state index in [9.17, 15) is 14.8 Å². The molecule has 1 saturated heterocycles. The molecule has 3 rings (SSSR count). The predicted octanol–water partition coefficient (Wildman–Crippen LogP) is 2.52. The molecule has 5 nitrogen and oxygen atoms in total. The summed E-state index contributed by atoms with van der Waals surface area (Å²) in [4.78, 5) is 6.50. The van der Waals surface area contributed by atoms with Gasteiger partial charge in [-0.25, -0.2) is 4.39 Å². The summed E-state index contributed by atoms with van der Waals surface area (Å²) in [6.45, 7) is 2.06. The first-order valence-electron chi connectivity index (χ1n) is 8.73. The van der Waals surface area contributed by atoms with E-state index >= 15 is 0 Å². The molecule has 1 aromatic carbocycles. The summed E-state index contributed by atoms with van der Waals surface area (Å²) >= 11 is 0. The second-order valence-electron chi connectivity index (χ2n) is 6.63. The van der Waals surface area contributed by atoms with Crippen molar-refractivity contribution in [1.29, 1.82) is 5.26 Å². The molecule has 0 spiro atoms. The molecule has 1 N–H and O–H groups in total. The second-order valence-corrected chi connectivity index (χ2v) is 6.63. The quantitative estimate of drug-likeness (QED) is 0.862. The molecule has 0 radical (unpaired) electrons. The number of rotatable bonds is 6. The third-order valence-corrected chi connectivity index (χ3v) is 4.80. The fourth-order valence-corrected chi connectivity index (χ4v) is 3.26. The van der Waals surface area contributed by atoms with Gasteiger partial charge in [0.25, 0.3) is 0 Å². The van der Waals surface area contributed by atoms with E-state index in [2.05, 4.69) is 16.0 Å². The molecule has 1 atom stereocenters. The Balaban J connectivity index is 1.49. The first-order chi connectivity index (χ1) is 12.6. The molecular weight excluding hydrogens is 333 g/mol. The van der Waals surface area contributed by atoms with Crippen LogP contribution in [0.3, 0.4) is 0 Å². The molecule has 1 aromatic heterocycles. The van der Waals surface area contributed by atoms with Gasteiger partial charge in [-0.1, -0.05) is 6.07 Å². The van der Waals surface area contributed by atoms with Crippen molar-refractivity contribution >= 4 is 0 Å². The summed E-state index contributed by atoms with van der Waals surface area (Å²) in [6, 6.07) is 13.8. The van der Waals surface area contributed by atoms with Crippen molar-refractivity contribution in [2.24, 2.45) is 0 Å². The summed E-state index contributed by atoms with van der Waals surface area (Å²) in [5.41, 5.74) is 0.273. The molecule has 1 fully saturated rings. The number of ether oxygens (including phenoxy) is 1. The van der Waals surface area contributed by atoms with Crippen molar-refractivity contribution in [3.05, 3.63) is 60.2 Å². The van der Waals surface area contributed by atoms with Gasteiger partial charge in [0.05, 0.1) is 11.8 Å². The molecule has 2 heterocycles. The smallest absolute Gasteiger partial charge is 0.123 e. The van der Waals surface area contributed by atoms with Gasteiger partial charge in [-0.3, -0.25) is 4.98 Å². The van der Waals surface area contributed by atoms with Gasteiger partial charge in [-0.05, 0) is 49.2 Å². The molecule has 0 bridgehead atoms. The number of nitriles is 1. The highest BCUT2D eigenvalue weighted by molar-refractivity contribution is 5.27. The van der Waals surface area contributed by atoms with Crippen LogP contribution in [0.1, 0.15) is 18.5 Å². The summed E-state index contributed by atoms with van der Waals surface area (Å²) < 4.78 is 18.4. The SMILES string of the molecule is N#CC1(c2ccccn2)CCN(CC(O)COc2ccc(F)cc2)CC1. The van der Waals surface area contributed by atoms with Gasteiger partial charge in [0.2, 0.25) is 0 Å². The van der Waals surface area contributed by atoms with Crippen LogP contribution in [0.5, 0.6) is 5.75 Å². The van der Waals surface area contributed by atoms with Crippen molar-refractivity contribution in [3.63, 3.8) is 0 Å². The van der Waals surface area contributed by atoms with E-state index in [4.69, 9.17) is 4.74 Å². The number of hydrogen-bond acceptors (Lipinski definition) is 5. The van der Waals surface area contributed by atoms with Crippen LogP contribution in [-0.4, -0.2) is 47.3 Å². The van der Waals surface area contributed by atoms with Crippen LogP contribution in [0.25, 0.3) is 0 Å². The number of aliphatic hydroxyl groups excluding tert-OH is 1. The lowest BCUT2D eigenvalue weighted by Crippen LogP contribution is -2.45. The van der Waals surface area contributed by atoms with Gasteiger partial charge in [0.1, 0.15) is 29.7 Å². The normalized spacial score (nSPS) is 18.0. The number of β-amino-alcohol motifs (C(OH)–C–C–N with tert-alkyl or cyclic N) is 1. The Morgan fingerprint density at radius 2 is 1.96 bits per heavy atom. The molecule has 136 valence electrons. The number of aliphatic hydroxyl groups is 1. The molecule has 2 aromatic rings. The largest absolute Gasteiger partial charge is 0.491 e. The van der Waals surface area contributed by atoms with Crippen LogP contribution >= 0.6 is 0 Å². The number of aromatic nitrogens is 1. The van der Waals surface area contributed by atoms with E-state index in [1.165, 1.54) is 24.3 Å². The summed E-state index contributed by atoms with van der Waals surface area (Å²) in [6.07, 6.45) is 2.44. The number of pyridine rings is 1. The van der Waals surface area contributed by atoms with E-state index in [0.29, 0.717) is 25.1 Å². The Bertz CT molecular complexity index is 738. The maximum atomic E-state index is 12.9. The number of piperidine rings is 1. The van der Waals surface area contributed by atoms with Crippen LogP contribution in [0.4, 0.5) is 4.39 Å². The molecule has 1 unspecified atom stereocenters. The van der Waals surface area contributed by atoms with E-state index < -0.39 is 11.5 Å². The Morgan fingerprint density at radius 3 is 2.58 bits per heavy atom. The molecule has 6 heteroatoms. The predicted molar refractivity (Wildman–Crippen MR) is 95.1 cm³/mol. The number of likely N-dealkylation sites (tertiary alicyclic amines) is 1. The van der Waals surface area contributed by atoms with Gasteiger partial charge in [-0.15, -0.1) is 0 Å². The van der Waals surface area contributed by atoms with Crippen LogP contribution in [0, 0.1) is 17.1 Å². The lowest BCUT2D eigenvalue weighted by Gasteiger charge is -2.37. The van der Waals surface area contributed by atoms with E-state index in [1.54, 1.807) is 6.20 Å². The summed E-state index contributed by atoms with van der Waals surface area (Å²) in [7, 11) is 0. The minimum absolute atomic E-state index is 0.145. The van der Waals surface area contributed by atoms with Crippen molar-refractivity contribution in [3.8, 4) is 11.8 Å². The van der Waals surface area contributed by atoms with Crippen LogP contribution in [0.2, 0.25) is 0 Å². The highest BCUT2D eigenvalue weighted by atomic mass is 19.1. The molecule has 1 aliphatic heterocycles. The lowest BCUT2D eigenvalue weighted by molar-refractivity contribution is 0.0550. The molecule has 26 heavy (non-hydrogen) atoms. The van der Waals surface area contributed by atoms with E-state index in [1.807, 2.05) is 18.2 Å². The molecule has 0 aliphatic carbocycles. The Morgan fingerprint density at radius 1 is 1.23 bits per heavy atom. The molecular formula is C20H22FN3O2. The Hall–Kier alpha value is -2.49. The maximum absolute atomic E-state index is 12.9. The minimum atomic E-state index is -0.649. The van der Waals surface area contributed by atoms with Crippen molar-refractivity contribution < 1.29 is 14.2 Å². The highest BCUT2D eigenvalue weighted by Crippen LogP contribution is 2.33. The van der Waals surface area contributed by atoms with Crippen molar-refractivity contribution in [2.45, 2.75) is 24.4 Å². The van der Waals surface area contributed by atoms with Crippen LogP contribution in [-0.2, 0) is 5.41 Å². The van der Waals surface area contributed by atoms with E-state index in [-0.39, 0.29) is 12.4 Å². The van der Waals surface area contributed by atoms with E-state index in [0.717, 1.165) is 18.8 Å². The zero-order valence-electron chi connectivity index (χ0n) is 14.5. The number of hydrogen-bond donors (Lipinski definition) is 1. The zero-order chi connectivity index (χ0) is 18.4. The fourth-order valence-electron chi connectivity index (χ4n) is 3.26. The van der Waals surface area contributed by atoms with Gasteiger partial charge in [0.15, 0.2) is 0 Å². The van der Waals surface area contributed by atoms with Crippen molar-refractivity contribution in [1.82, 2.24) is 9.88 Å². The van der Waals surface area contributed by atoms with Crippen LogP contribution in [0.15, 0.2) is 48.7 Å². The Kier molecular flexibility index (Phi) is 5.82. The molecule has 1 aliphatic rings. The van der Waals surface area contributed by atoms with Gasteiger partial charge in [-0.2, -0.15) is 5.26 Å². The number of nitrogens with zero attached hydrogens (tertiary/aromatic N) is 3. The molecule has 0 amide bonds. The van der Waals surface area contributed by atoms with Gasteiger partial charge >= 0.3 is 0 Å². The topological polar surface area (TPSA) is 69.4 Å². The third kappa shape index (κ3) is 4.37. The average molecular weight is 355 g/mol. The zero-order valence-corrected chi connectivity index (χ0v) is 14.5. The summed E-state index contributed by atoms with van der Waals surface area (Å²) in [5.74, 6) is 0.211. The number of benzene rings is 1. The minimum Gasteiger partial charge on any atom is -0.491 e. The fraction of sp³-hybridized carbons (Fsp3) is 0.400. The average Bonchev–Trinajstić information content (AvgIpc) is 2.69. The second kappa shape index (κ2) is 8.26. The number of halogens is 1. The highest BCUT2D eigenvalue weighted by Gasteiger charge is 2.37. The standard InChI is InChI=1S/C20H22FN3O2/c21-16-4-6-18(7-5-16)26-14-17(25)13-24-11-8-20(15-22,9-12-24)19-3-1-2-10-23-19/h1-7,10,17,25H,8-9,11-14H2. The van der Waals surface area contributed by atoms with Crippen LogP contribution < -0.4 is 4.74 Å².